The highest BCUT2D eigenvalue weighted by Crippen LogP contribution is 2.33. The molecule has 0 N–H and O–H groups in total. The van der Waals surface area contributed by atoms with Crippen LogP contribution in [0.1, 0.15) is 18.9 Å². The van der Waals surface area contributed by atoms with E-state index in [9.17, 15) is 0 Å². The second-order valence-corrected chi connectivity index (χ2v) is 8.80. The Kier molecular flexibility index (Phi) is 8.16. The van der Waals surface area contributed by atoms with Gasteiger partial charge in [-0.1, -0.05) is 61.5 Å². The van der Waals surface area contributed by atoms with E-state index in [0.29, 0.717) is 0 Å². The van der Waals surface area contributed by atoms with E-state index in [1.807, 2.05) is 0 Å². The second-order valence-electron chi connectivity index (χ2n) is 6.81. The lowest BCUT2D eigenvalue weighted by Crippen LogP contribution is -2.28. The van der Waals surface area contributed by atoms with E-state index in [0.717, 1.165) is 32.7 Å². The lowest BCUT2D eigenvalue weighted by atomic mass is 10.2. The van der Waals surface area contributed by atoms with Crippen LogP contribution in [0, 0.1) is 0 Å². The lowest BCUT2D eigenvalue weighted by molar-refractivity contribution is 0.143. The minimum atomic E-state index is -0.110. The Hall–Kier alpha value is -2.07. The van der Waals surface area contributed by atoms with E-state index in [-0.39, 0.29) is 10.9 Å². The molecule has 0 aliphatic rings. The van der Waals surface area contributed by atoms with Crippen molar-refractivity contribution in [3.63, 3.8) is 0 Å². The predicted octanol–water partition coefficient (Wildman–Crippen LogP) is 5.64. The van der Waals surface area contributed by atoms with Gasteiger partial charge in [0.25, 0.3) is 0 Å². The zero-order valence-corrected chi connectivity index (χ0v) is 17.7. The Morgan fingerprint density at radius 3 is 1.89 bits per heavy atom. The fraction of sp³-hybridized carbons (Fsp3) is 0.280. The van der Waals surface area contributed by atoms with Crippen LogP contribution in [0.3, 0.4) is 0 Å². The Balaban J connectivity index is 1.99. The smallest absolute Gasteiger partial charge is 0.171 e. The summed E-state index contributed by atoms with van der Waals surface area (Å²) < 4.78 is 5.33. The van der Waals surface area contributed by atoms with Gasteiger partial charge in [0, 0.05) is 25.8 Å². The number of rotatable bonds is 10. The van der Waals surface area contributed by atoms with Crippen molar-refractivity contribution in [1.82, 2.24) is 4.90 Å². The molecule has 0 fully saturated rings. The molecule has 3 aromatic carbocycles. The Bertz CT molecular complexity index is 783. The summed E-state index contributed by atoms with van der Waals surface area (Å²) in [7, 11) is 1.67. The predicted molar refractivity (Wildman–Crippen MR) is 119 cm³/mol. The van der Waals surface area contributed by atoms with Gasteiger partial charge in [0.05, 0.1) is 17.5 Å². The topological polar surface area (TPSA) is 12.5 Å². The summed E-state index contributed by atoms with van der Waals surface area (Å²) >= 11 is 0. The molecule has 0 radical (unpaired) electrons. The van der Waals surface area contributed by atoms with Gasteiger partial charge in [-0.25, -0.2) is 0 Å². The maximum Gasteiger partial charge on any atom is 0.171 e. The summed E-state index contributed by atoms with van der Waals surface area (Å²) in [6.07, 6.45) is 1.15. The van der Waals surface area contributed by atoms with Crippen LogP contribution in [-0.4, -0.2) is 31.7 Å². The van der Waals surface area contributed by atoms with Crippen LogP contribution in [0.5, 0.6) is 0 Å². The van der Waals surface area contributed by atoms with Gasteiger partial charge in [-0.2, -0.15) is 0 Å². The van der Waals surface area contributed by atoms with Crippen molar-refractivity contribution >= 4 is 10.9 Å². The maximum absolute atomic E-state index is 5.33. The van der Waals surface area contributed by atoms with Crippen LogP contribution in [-0.2, 0) is 22.2 Å². The van der Waals surface area contributed by atoms with Crippen molar-refractivity contribution in [2.75, 3.05) is 26.8 Å². The van der Waals surface area contributed by atoms with Crippen LogP contribution in [0.2, 0.25) is 0 Å². The molecule has 0 bridgehead atoms. The molecular weight excluding hydrogens is 362 g/mol. The van der Waals surface area contributed by atoms with Crippen LogP contribution in [0.4, 0.5) is 0 Å². The molecule has 0 amide bonds. The van der Waals surface area contributed by atoms with Gasteiger partial charge in [-0.05, 0) is 43.3 Å². The maximum atomic E-state index is 5.33. The summed E-state index contributed by atoms with van der Waals surface area (Å²) in [5.41, 5.74) is 1.41. The van der Waals surface area contributed by atoms with E-state index in [1.165, 1.54) is 20.2 Å². The summed E-state index contributed by atoms with van der Waals surface area (Å²) in [5.74, 6) is 0. The second kappa shape index (κ2) is 11.1. The first-order valence-electron chi connectivity index (χ1n) is 9.97. The first-order valence-corrected chi connectivity index (χ1v) is 11.2. The standard InChI is InChI=1S/C25H30NOS/c1-3-18-26(19-20-27-2)21-22-12-10-11-17-25(22)28(23-13-6-4-7-14-23)24-15-8-5-9-16-24/h4-17H,3,18-21H2,1-2H3/q+1. The van der Waals surface area contributed by atoms with Gasteiger partial charge >= 0.3 is 0 Å². The molecule has 3 aromatic rings. The summed E-state index contributed by atoms with van der Waals surface area (Å²) in [6, 6.07) is 30.7. The quantitative estimate of drug-likeness (QED) is 0.414. The Morgan fingerprint density at radius 1 is 0.750 bits per heavy atom. The van der Waals surface area contributed by atoms with Crippen LogP contribution >= 0.6 is 0 Å². The van der Waals surface area contributed by atoms with Gasteiger partial charge in [-0.3, -0.25) is 4.90 Å². The summed E-state index contributed by atoms with van der Waals surface area (Å²) in [4.78, 5) is 6.64. The summed E-state index contributed by atoms with van der Waals surface area (Å²) in [5, 5.41) is 0. The van der Waals surface area contributed by atoms with Gasteiger partial charge in [0.1, 0.15) is 0 Å². The molecule has 146 valence electrons. The molecule has 0 unspecified atom stereocenters. The highest BCUT2D eigenvalue weighted by Gasteiger charge is 2.31. The number of benzene rings is 3. The van der Waals surface area contributed by atoms with Crippen molar-refractivity contribution < 1.29 is 4.74 Å². The molecule has 0 aliphatic heterocycles. The van der Waals surface area contributed by atoms with Gasteiger partial charge in [0.2, 0.25) is 0 Å². The molecule has 2 nitrogen and oxygen atoms in total. The molecule has 0 saturated carbocycles. The highest BCUT2D eigenvalue weighted by atomic mass is 32.2. The third-order valence-corrected chi connectivity index (χ3v) is 7.02. The molecule has 0 saturated heterocycles. The van der Waals surface area contributed by atoms with Crippen molar-refractivity contribution in [2.45, 2.75) is 34.6 Å². The fourth-order valence-electron chi connectivity index (χ4n) is 3.38. The number of hydrogen-bond acceptors (Lipinski definition) is 2. The third-order valence-electron chi connectivity index (χ3n) is 4.70. The SMILES string of the molecule is CCCN(CCOC)Cc1ccccc1[S+](c1ccccc1)c1ccccc1. The van der Waals surface area contributed by atoms with E-state index < -0.39 is 0 Å². The fourth-order valence-corrected chi connectivity index (χ4v) is 5.63. The number of hydrogen-bond donors (Lipinski definition) is 0. The summed E-state index contributed by atoms with van der Waals surface area (Å²) in [6.45, 7) is 6.01. The molecular formula is C25H30NOS+. The van der Waals surface area contributed by atoms with E-state index in [4.69, 9.17) is 4.74 Å². The molecule has 0 aromatic heterocycles. The van der Waals surface area contributed by atoms with Gasteiger partial charge in [-0.15, -0.1) is 0 Å². The van der Waals surface area contributed by atoms with Gasteiger partial charge in [0.15, 0.2) is 14.7 Å². The third kappa shape index (κ3) is 5.48. The molecule has 28 heavy (non-hydrogen) atoms. The van der Waals surface area contributed by atoms with E-state index in [2.05, 4.69) is 96.8 Å². The zero-order chi connectivity index (χ0) is 19.6. The Labute approximate surface area is 172 Å². The molecule has 0 atom stereocenters. The molecule has 0 heterocycles. The first kappa shape index (κ1) is 20.7. The first-order chi connectivity index (χ1) is 13.8. The van der Waals surface area contributed by atoms with E-state index in [1.54, 1.807) is 7.11 Å². The average Bonchev–Trinajstić information content (AvgIpc) is 2.75. The minimum absolute atomic E-state index is 0.110. The van der Waals surface area contributed by atoms with Crippen molar-refractivity contribution in [3.05, 3.63) is 90.5 Å². The molecule has 3 rings (SSSR count). The molecule has 3 heteroatoms. The molecule has 0 spiro atoms. The minimum Gasteiger partial charge on any atom is -0.383 e. The largest absolute Gasteiger partial charge is 0.383 e. The van der Waals surface area contributed by atoms with Crippen molar-refractivity contribution in [2.24, 2.45) is 0 Å². The lowest BCUT2D eigenvalue weighted by Gasteiger charge is -2.22. The number of methoxy groups -OCH3 is 1. The van der Waals surface area contributed by atoms with Crippen LogP contribution in [0.15, 0.2) is 99.6 Å². The zero-order valence-electron chi connectivity index (χ0n) is 16.9. The normalized spacial score (nSPS) is 11.3. The highest BCUT2D eigenvalue weighted by molar-refractivity contribution is 7.97. The van der Waals surface area contributed by atoms with Crippen molar-refractivity contribution in [3.8, 4) is 0 Å². The number of ether oxygens (including phenoxy) is 1. The monoisotopic (exact) mass is 392 g/mol. The van der Waals surface area contributed by atoms with Crippen molar-refractivity contribution in [1.29, 1.82) is 0 Å². The van der Waals surface area contributed by atoms with Crippen LogP contribution < -0.4 is 0 Å². The average molecular weight is 393 g/mol. The van der Waals surface area contributed by atoms with E-state index >= 15 is 0 Å². The van der Waals surface area contributed by atoms with Crippen LogP contribution in [0.25, 0.3) is 0 Å². The van der Waals surface area contributed by atoms with Gasteiger partial charge < -0.3 is 4.74 Å². The number of nitrogens with zero attached hydrogens (tertiary/aromatic N) is 1. The Morgan fingerprint density at radius 2 is 1.32 bits per heavy atom. The molecule has 0 aliphatic carbocycles.